The molecule has 0 rings (SSSR count). The Hall–Kier alpha value is 0.796. The average molecular weight is 143 g/mol. The van der Waals surface area contributed by atoms with E-state index in [-0.39, 0.29) is 12.4 Å². The standard InChI is InChI=1S/C6H11.ClH.Mg/c1-3-5-6-4-2;;/h5-6H,1,3-4H2,2H3;1H;/q;;+1/p-1/b6-5+;;. The largest absolute Gasteiger partial charge is 1.00 e. The molecule has 0 bridgehead atoms. The molecule has 0 saturated carbocycles. The van der Waals surface area contributed by atoms with Crippen LogP contribution in [0.1, 0.15) is 19.8 Å². The number of allylic oxidation sites excluding steroid dienone is 2. The van der Waals surface area contributed by atoms with Gasteiger partial charge in [0.25, 0.3) is 0 Å². The fourth-order valence-corrected chi connectivity index (χ4v) is 0.638. The second kappa shape index (κ2) is 10.7. The SMILES string of the molecule is CC/C=C/C[CH2][Mg+].[Cl-]. The normalized spacial score (nSPS) is 9.38. The Labute approximate surface area is 70.6 Å². The Morgan fingerprint density at radius 2 is 2.00 bits per heavy atom. The van der Waals surface area contributed by atoms with E-state index in [0.29, 0.717) is 0 Å². The smallest absolute Gasteiger partial charge is 1.00 e. The number of rotatable bonds is 3. The first-order chi connectivity index (χ1) is 3.41. The summed E-state index contributed by atoms with van der Waals surface area (Å²) in [6.07, 6.45) is 6.90. The first-order valence-corrected chi connectivity index (χ1v) is 3.86. The number of hydrogen-bond acceptors (Lipinski definition) is 0. The predicted octanol–water partition coefficient (Wildman–Crippen LogP) is -1.07. The summed E-state index contributed by atoms with van der Waals surface area (Å²) in [6, 6.07) is 0. The average Bonchev–Trinajstić information content (AvgIpc) is 1.69. The molecule has 44 valence electrons. The summed E-state index contributed by atoms with van der Waals surface area (Å²) in [7, 11) is 0. The Morgan fingerprint density at radius 1 is 1.38 bits per heavy atom. The summed E-state index contributed by atoms with van der Waals surface area (Å²) in [5, 5.41) is 0. The molecule has 0 N–H and O–H groups in total. The van der Waals surface area contributed by atoms with Gasteiger partial charge in [-0.3, -0.25) is 0 Å². The summed E-state index contributed by atoms with van der Waals surface area (Å²) in [4.78, 5) is 0. The van der Waals surface area contributed by atoms with Gasteiger partial charge in [0.15, 0.2) is 0 Å². The van der Waals surface area contributed by atoms with Crippen LogP contribution in [-0.2, 0) is 0 Å². The van der Waals surface area contributed by atoms with Crippen LogP contribution >= 0.6 is 0 Å². The molecule has 0 unspecified atom stereocenters. The summed E-state index contributed by atoms with van der Waals surface area (Å²) in [5.74, 6) is 0. The van der Waals surface area contributed by atoms with E-state index in [4.69, 9.17) is 0 Å². The quantitative estimate of drug-likeness (QED) is 0.348. The van der Waals surface area contributed by atoms with E-state index in [2.05, 4.69) is 19.1 Å². The van der Waals surface area contributed by atoms with Gasteiger partial charge in [0, 0.05) is 0 Å². The van der Waals surface area contributed by atoms with Crippen LogP contribution in [-0.4, -0.2) is 21.7 Å². The molecule has 2 heteroatoms. The molecule has 0 saturated heterocycles. The van der Waals surface area contributed by atoms with E-state index in [0.717, 1.165) is 0 Å². The van der Waals surface area contributed by atoms with Crippen LogP contribution in [0.4, 0.5) is 0 Å². The number of hydrogen-bond donors (Lipinski definition) is 0. The van der Waals surface area contributed by atoms with Crippen LogP contribution in [0.25, 0.3) is 0 Å². The van der Waals surface area contributed by atoms with Crippen molar-refractivity contribution >= 4 is 21.7 Å². The monoisotopic (exact) mass is 142 g/mol. The van der Waals surface area contributed by atoms with Crippen LogP contribution < -0.4 is 12.4 Å². The zero-order valence-electron chi connectivity index (χ0n) is 5.36. The fourth-order valence-electron chi connectivity index (χ4n) is 0.402. The van der Waals surface area contributed by atoms with Gasteiger partial charge in [0.1, 0.15) is 0 Å². The predicted molar refractivity (Wildman–Crippen MR) is 34.6 cm³/mol. The van der Waals surface area contributed by atoms with Crippen LogP contribution in [0.3, 0.4) is 0 Å². The van der Waals surface area contributed by atoms with Crippen LogP contribution in [0.15, 0.2) is 12.2 Å². The number of halogens is 1. The minimum absolute atomic E-state index is 0. The molecule has 0 aromatic carbocycles. The minimum Gasteiger partial charge on any atom is -1.00 e. The molecule has 0 aromatic rings. The van der Waals surface area contributed by atoms with Gasteiger partial charge in [-0.05, 0) is 0 Å². The summed E-state index contributed by atoms with van der Waals surface area (Å²) in [5.41, 5.74) is 0. The maximum atomic E-state index is 2.24. The van der Waals surface area contributed by atoms with E-state index in [1.54, 1.807) is 0 Å². The van der Waals surface area contributed by atoms with Gasteiger partial charge in [-0.1, -0.05) is 0 Å². The van der Waals surface area contributed by atoms with Gasteiger partial charge < -0.3 is 12.4 Å². The van der Waals surface area contributed by atoms with Crippen molar-refractivity contribution in [2.75, 3.05) is 0 Å². The fraction of sp³-hybridized carbons (Fsp3) is 0.667. The molecular weight excluding hydrogens is 132 g/mol. The molecular formula is C6H11ClMg. The van der Waals surface area contributed by atoms with Crippen molar-refractivity contribution in [3.05, 3.63) is 12.2 Å². The van der Waals surface area contributed by atoms with E-state index >= 15 is 0 Å². The third kappa shape index (κ3) is 9.93. The summed E-state index contributed by atoms with van der Waals surface area (Å²) >= 11 is 2.03. The van der Waals surface area contributed by atoms with E-state index in [1.807, 2.05) is 21.7 Å². The van der Waals surface area contributed by atoms with Crippen molar-refractivity contribution in [3.8, 4) is 0 Å². The molecule has 0 atom stereocenters. The maximum absolute atomic E-state index is 2.24. The third-order valence-electron chi connectivity index (χ3n) is 0.773. The molecule has 0 fully saturated rings. The topological polar surface area (TPSA) is 0 Å². The summed E-state index contributed by atoms with van der Waals surface area (Å²) < 4.78 is 1.30. The second-order valence-corrected chi connectivity index (χ2v) is 2.23. The Kier molecular flexibility index (Phi) is 15.5. The molecule has 0 aliphatic carbocycles. The Morgan fingerprint density at radius 3 is 2.38 bits per heavy atom. The molecule has 0 spiro atoms. The van der Waals surface area contributed by atoms with Crippen molar-refractivity contribution in [1.29, 1.82) is 0 Å². The van der Waals surface area contributed by atoms with Gasteiger partial charge in [-0.15, -0.1) is 0 Å². The van der Waals surface area contributed by atoms with Crippen molar-refractivity contribution in [2.45, 2.75) is 24.3 Å². The van der Waals surface area contributed by atoms with Gasteiger partial charge in [-0.2, -0.15) is 0 Å². The molecule has 0 aliphatic heterocycles. The van der Waals surface area contributed by atoms with Crippen molar-refractivity contribution in [3.63, 3.8) is 0 Å². The first kappa shape index (κ1) is 11.6. The minimum atomic E-state index is 0. The van der Waals surface area contributed by atoms with Crippen molar-refractivity contribution in [2.24, 2.45) is 0 Å². The van der Waals surface area contributed by atoms with Crippen LogP contribution in [0.2, 0.25) is 4.55 Å². The van der Waals surface area contributed by atoms with Gasteiger partial charge >= 0.3 is 58.2 Å². The van der Waals surface area contributed by atoms with Crippen LogP contribution in [0.5, 0.6) is 0 Å². The Balaban J connectivity index is 0. The van der Waals surface area contributed by atoms with Crippen LogP contribution in [0, 0.1) is 0 Å². The first-order valence-electron chi connectivity index (χ1n) is 2.86. The molecule has 0 heterocycles. The third-order valence-corrected chi connectivity index (χ3v) is 1.18. The molecule has 8 heavy (non-hydrogen) atoms. The second-order valence-electron chi connectivity index (χ2n) is 1.52. The van der Waals surface area contributed by atoms with E-state index in [1.165, 1.54) is 17.4 Å². The summed E-state index contributed by atoms with van der Waals surface area (Å²) in [6.45, 7) is 2.16. The van der Waals surface area contributed by atoms with E-state index in [9.17, 15) is 0 Å². The molecule has 0 amide bonds. The zero-order valence-corrected chi connectivity index (χ0v) is 7.53. The molecule has 0 nitrogen and oxygen atoms in total. The van der Waals surface area contributed by atoms with Crippen molar-refractivity contribution < 1.29 is 12.4 Å². The molecule has 0 aliphatic rings. The van der Waals surface area contributed by atoms with Gasteiger partial charge in [0.2, 0.25) is 0 Å². The van der Waals surface area contributed by atoms with Gasteiger partial charge in [0.05, 0.1) is 0 Å². The molecule has 0 radical (unpaired) electrons. The van der Waals surface area contributed by atoms with E-state index < -0.39 is 0 Å². The maximum Gasteiger partial charge on any atom is -1.00 e. The zero-order chi connectivity index (χ0) is 5.54. The molecule has 0 aromatic heterocycles. The van der Waals surface area contributed by atoms with Crippen molar-refractivity contribution in [1.82, 2.24) is 0 Å². The Bertz CT molecular complexity index is 52.5. The van der Waals surface area contributed by atoms with Gasteiger partial charge in [-0.25, -0.2) is 0 Å².